The minimum absolute atomic E-state index is 0.00981. The van der Waals surface area contributed by atoms with Crippen LogP contribution in [0.15, 0.2) is 12.1 Å². The molecule has 108 valence electrons. The maximum absolute atomic E-state index is 14.0. The number of benzene rings is 1. The number of rotatable bonds is 4. The highest BCUT2D eigenvalue weighted by Gasteiger charge is 2.21. The molecule has 0 aliphatic carbocycles. The van der Waals surface area contributed by atoms with Gasteiger partial charge in [-0.3, -0.25) is 0 Å². The highest BCUT2D eigenvalue weighted by molar-refractivity contribution is 5.52. The Labute approximate surface area is 118 Å². The standard InChI is InChI=1S/C15H19F2N3/c1-2-20(10-12-5-3-4-6-19-12)15-13(16)7-11(9-18)8-14(15)17/h7-8,12,19H,2-6,10H2,1H3. The van der Waals surface area contributed by atoms with Gasteiger partial charge in [-0.25, -0.2) is 8.78 Å². The van der Waals surface area contributed by atoms with Crippen molar-refractivity contribution >= 4 is 5.69 Å². The summed E-state index contributed by atoms with van der Waals surface area (Å²) in [6.07, 6.45) is 3.33. The molecule has 1 saturated heterocycles. The van der Waals surface area contributed by atoms with Gasteiger partial charge in [-0.05, 0) is 38.4 Å². The first-order chi connectivity index (χ1) is 9.65. The number of anilines is 1. The Morgan fingerprint density at radius 2 is 2.05 bits per heavy atom. The number of hydrogen-bond acceptors (Lipinski definition) is 3. The second kappa shape index (κ2) is 6.67. The van der Waals surface area contributed by atoms with Gasteiger partial charge >= 0.3 is 0 Å². The zero-order chi connectivity index (χ0) is 14.5. The van der Waals surface area contributed by atoms with Crippen molar-refractivity contribution in [3.63, 3.8) is 0 Å². The third-order valence-corrected chi connectivity index (χ3v) is 3.70. The van der Waals surface area contributed by atoms with E-state index < -0.39 is 11.6 Å². The quantitative estimate of drug-likeness (QED) is 0.921. The summed E-state index contributed by atoms with van der Waals surface area (Å²) in [7, 11) is 0. The van der Waals surface area contributed by atoms with Gasteiger partial charge in [0.15, 0.2) is 11.6 Å². The summed E-state index contributed by atoms with van der Waals surface area (Å²) < 4.78 is 28.1. The Hall–Kier alpha value is -1.67. The van der Waals surface area contributed by atoms with E-state index in [1.807, 2.05) is 6.92 Å². The molecule has 5 heteroatoms. The average molecular weight is 279 g/mol. The molecule has 1 aromatic carbocycles. The van der Waals surface area contributed by atoms with Gasteiger partial charge in [0.25, 0.3) is 0 Å². The monoisotopic (exact) mass is 279 g/mol. The largest absolute Gasteiger partial charge is 0.366 e. The molecule has 1 atom stereocenters. The minimum atomic E-state index is -0.667. The molecule has 0 amide bonds. The number of halogens is 2. The van der Waals surface area contributed by atoms with Crippen molar-refractivity contribution < 1.29 is 8.78 Å². The zero-order valence-electron chi connectivity index (χ0n) is 11.6. The minimum Gasteiger partial charge on any atom is -0.366 e. The van der Waals surface area contributed by atoms with Crippen LogP contribution < -0.4 is 10.2 Å². The summed E-state index contributed by atoms with van der Waals surface area (Å²) in [5, 5.41) is 12.1. The van der Waals surface area contributed by atoms with Gasteiger partial charge in [-0.2, -0.15) is 5.26 Å². The van der Waals surface area contributed by atoms with E-state index in [2.05, 4.69) is 5.32 Å². The number of likely N-dealkylation sites (N-methyl/N-ethyl adjacent to an activating group) is 1. The molecule has 0 radical (unpaired) electrons. The molecule has 0 saturated carbocycles. The van der Waals surface area contributed by atoms with Crippen LogP contribution in [-0.2, 0) is 0 Å². The van der Waals surface area contributed by atoms with Crippen LogP contribution in [-0.4, -0.2) is 25.7 Å². The van der Waals surface area contributed by atoms with Crippen LogP contribution in [0.1, 0.15) is 31.7 Å². The fourth-order valence-electron chi connectivity index (χ4n) is 2.66. The summed E-state index contributed by atoms with van der Waals surface area (Å²) in [6.45, 7) is 3.94. The molecule has 0 spiro atoms. The predicted molar refractivity (Wildman–Crippen MR) is 74.6 cm³/mol. The van der Waals surface area contributed by atoms with Gasteiger partial charge in [0, 0.05) is 19.1 Å². The van der Waals surface area contributed by atoms with E-state index in [0.29, 0.717) is 13.1 Å². The molecule has 1 aliphatic rings. The smallest absolute Gasteiger partial charge is 0.150 e. The number of nitriles is 1. The van der Waals surface area contributed by atoms with E-state index in [0.717, 1.165) is 37.9 Å². The Bertz CT molecular complexity index is 481. The number of piperidine rings is 1. The van der Waals surface area contributed by atoms with E-state index in [1.54, 1.807) is 11.0 Å². The SMILES string of the molecule is CCN(CC1CCCCN1)c1c(F)cc(C#N)cc1F. The van der Waals surface area contributed by atoms with Crippen molar-refractivity contribution in [3.05, 3.63) is 29.3 Å². The lowest BCUT2D eigenvalue weighted by Gasteiger charge is -2.31. The lowest BCUT2D eigenvalue weighted by molar-refractivity contribution is 0.398. The van der Waals surface area contributed by atoms with Gasteiger partial charge in [0.05, 0.1) is 11.6 Å². The molecule has 2 rings (SSSR count). The second-order valence-electron chi connectivity index (χ2n) is 5.09. The Morgan fingerprint density at radius 3 is 2.55 bits per heavy atom. The Balaban J connectivity index is 2.20. The summed E-state index contributed by atoms with van der Waals surface area (Å²) in [5.74, 6) is -1.33. The fourth-order valence-corrected chi connectivity index (χ4v) is 2.66. The second-order valence-corrected chi connectivity index (χ2v) is 5.09. The number of nitrogens with zero attached hydrogens (tertiary/aromatic N) is 2. The topological polar surface area (TPSA) is 39.1 Å². The third kappa shape index (κ3) is 3.26. The molecule has 1 fully saturated rings. The van der Waals surface area contributed by atoms with Crippen molar-refractivity contribution in [2.75, 3.05) is 24.5 Å². The highest BCUT2D eigenvalue weighted by atomic mass is 19.1. The lowest BCUT2D eigenvalue weighted by atomic mass is 10.0. The van der Waals surface area contributed by atoms with Crippen LogP contribution in [0.2, 0.25) is 0 Å². The van der Waals surface area contributed by atoms with Crippen LogP contribution in [0.4, 0.5) is 14.5 Å². The molecule has 1 aromatic rings. The van der Waals surface area contributed by atoms with Gasteiger partial charge < -0.3 is 10.2 Å². The first-order valence-electron chi connectivity index (χ1n) is 7.03. The van der Waals surface area contributed by atoms with E-state index in [1.165, 1.54) is 0 Å². The van der Waals surface area contributed by atoms with Gasteiger partial charge in [0.2, 0.25) is 0 Å². The van der Waals surface area contributed by atoms with Gasteiger partial charge in [0.1, 0.15) is 5.69 Å². The van der Waals surface area contributed by atoms with Crippen LogP contribution in [0.5, 0.6) is 0 Å². The normalized spacial score (nSPS) is 18.6. The first-order valence-corrected chi connectivity index (χ1v) is 7.03. The fraction of sp³-hybridized carbons (Fsp3) is 0.533. The zero-order valence-corrected chi connectivity index (χ0v) is 11.6. The van der Waals surface area contributed by atoms with E-state index in [9.17, 15) is 8.78 Å². The molecular weight excluding hydrogens is 260 g/mol. The van der Waals surface area contributed by atoms with E-state index in [4.69, 9.17) is 5.26 Å². The molecule has 1 aliphatic heterocycles. The van der Waals surface area contributed by atoms with Crippen molar-refractivity contribution in [1.82, 2.24) is 5.32 Å². The lowest BCUT2D eigenvalue weighted by Crippen LogP contribution is -2.44. The molecule has 1 unspecified atom stereocenters. The van der Waals surface area contributed by atoms with Crippen molar-refractivity contribution in [2.24, 2.45) is 0 Å². The first kappa shape index (κ1) is 14.7. The Morgan fingerprint density at radius 1 is 1.35 bits per heavy atom. The Kier molecular flexibility index (Phi) is 4.91. The van der Waals surface area contributed by atoms with E-state index in [-0.39, 0.29) is 17.3 Å². The molecule has 1 N–H and O–H groups in total. The van der Waals surface area contributed by atoms with Crippen molar-refractivity contribution in [3.8, 4) is 6.07 Å². The van der Waals surface area contributed by atoms with Crippen LogP contribution >= 0.6 is 0 Å². The summed E-state index contributed by atoms with van der Waals surface area (Å²) in [5.41, 5.74) is -0.0190. The van der Waals surface area contributed by atoms with Crippen LogP contribution in [0.3, 0.4) is 0 Å². The number of hydrogen-bond donors (Lipinski definition) is 1. The molecule has 1 heterocycles. The highest BCUT2D eigenvalue weighted by Crippen LogP contribution is 2.25. The van der Waals surface area contributed by atoms with Gasteiger partial charge in [-0.1, -0.05) is 6.42 Å². The molecule has 0 bridgehead atoms. The number of nitrogens with one attached hydrogen (secondary N) is 1. The summed E-state index contributed by atoms with van der Waals surface area (Å²) >= 11 is 0. The third-order valence-electron chi connectivity index (χ3n) is 3.70. The summed E-state index contributed by atoms with van der Waals surface area (Å²) in [4.78, 5) is 1.70. The van der Waals surface area contributed by atoms with Crippen molar-refractivity contribution in [2.45, 2.75) is 32.2 Å². The molecule has 20 heavy (non-hydrogen) atoms. The maximum atomic E-state index is 14.0. The van der Waals surface area contributed by atoms with Crippen LogP contribution in [0, 0.1) is 23.0 Å². The molecular formula is C15H19F2N3. The molecule has 0 aromatic heterocycles. The van der Waals surface area contributed by atoms with Gasteiger partial charge in [-0.15, -0.1) is 0 Å². The van der Waals surface area contributed by atoms with E-state index >= 15 is 0 Å². The maximum Gasteiger partial charge on any atom is 0.150 e. The van der Waals surface area contributed by atoms with Crippen molar-refractivity contribution in [1.29, 1.82) is 5.26 Å². The summed E-state index contributed by atoms with van der Waals surface area (Å²) in [6, 6.07) is 4.21. The molecule has 3 nitrogen and oxygen atoms in total. The van der Waals surface area contributed by atoms with Crippen LogP contribution in [0.25, 0.3) is 0 Å². The predicted octanol–water partition coefficient (Wildman–Crippen LogP) is 2.80. The average Bonchev–Trinajstić information content (AvgIpc) is 2.46.